The normalized spacial score (nSPS) is 15.5. The summed E-state index contributed by atoms with van der Waals surface area (Å²) in [5, 5.41) is 6.72. The van der Waals surface area contributed by atoms with Gasteiger partial charge in [-0.25, -0.2) is 4.98 Å². The van der Waals surface area contributed by atoms with Crippen LogP contribution in [-0.2, 0) is 17.8 Å². The van der Waals surface area contributed by atoms with E-state index < -0.39 is 0 Å². The van der Waals surface area contributed by atoms with Gasteiger partial charge in [-0.3, -0.25) is 4.79 Å². The quantitative estimate of drug-likeness (QED) is 0.850. The highest BCUT2D eigenvalue weighted by atomic mass is 35.5. The second-order valence-electron chi connectivity index (χ2n) is 6.05. The molecule has 1 fully saturated rings. The van der Waals surface area contributed by atoms with Crippen LogP contribution in [0.3, 0.4) is 0 Å². The molecular weight excluding hydrogens is 328 g/mol. The second kappa shape index (κ2) is 7.93. The monoisotopic (exact) mass is 348 g/mol. The molecule has 5 heteroatoms. The fourth-order valence-electron chi connectivity index (χ4n) is 3.04. The van der Waals surface area contributed by atoms with E-state index in [0.717, 1.165) is 10.6 Å². The number of rotatable bonds is 5. The SMILES string of the molecule is O=C(Cc1ccccc1Cl)NCc1nc(C2CCCCC2)cs1. The molecule has 0 unspecified atom stereocenters. The van der Waals surface area contributed by atoms with E-state index in [0.29, 0.717) is 23.9 Å². The fraction of sp³-hybridized carbons (Fsp3) is 0.444. The molecule has 0 spiro atoms. The van der Waals surface area contributed by atoms with Crippen molar-refractivity contribution < 1.29 is 4.79 Å². The third kappa shape index (κ3) is 4.55. The summed E-state index contributed by atoms with van der Waals surface area (Å²) >= 11 is 7.73. The average molecular weight is 349 g/mol. The number of nitrogens with zero attached hydrogens (tertiary/aromatic N) is 1. The lowest BCUT2D eigenvalue weighted by Gasteiger charge is -2.19. The Hall–Kier alpha value is -1.39. The minimum Gasteiger partial charge on any atom is -0.349 e. The standard InChI is InChI=1S/C18H21ClN2OS/c19-15-9-5-4-8-14(15)10-17(22)20-11-18-21-16(12-23-18)13-6-2-1-3-7-13/h4-5,8-9,12-13H,1-3,6-7,10-11H2,(H,20,22). The van der Waals surface area contributed by atoms with Gasteiger partial charge in [0.1, 0.15) is 5.01 Å². The first-order valence-corrected chi connectivity index (χ1v) is 9.42. The van der Waals surface area contributed by atoms with Crippen LogP contribution < -0.4 is 5.32 Å². The van der Waals surface area contributed by atoms with Crippen LogP contribution in [0.1, 0.15) is 54.3 Å². The third-order valence-corrected chi connectivity index (χ3v) is 5.57. The Morgan fingerprint density at radius 3 is 2.83 bits per heavy atom. The first kappa shape index (κ1) is 16.5. The van der Waals surface area contributed by atoms with Crippen molar-refractivity contribution in [2.75, 3.05) is 0 Å². The molecule has 3 nitrogen and oxygen atoms in total. The van der Waals surface area contributed by atoms with E-state index in [-0.39, 0.29) is 5.91 Å². The van der Waals surface area contributed by atoms with Gasteiger partial charge in [-0.1, -0.05) is 49.1 Å². The van der Waals surface area contributed by atoms with Gasteiger partial charge in [0.25, 0.3) is 0 Å². The molecule has 1 aliphatic carbocycles. The van der Waals surface area contributed by atoms with E-state index in [1.54, 1.807) is 17.4 Å². The number of halogens is 1. The Balaban J connectivity index is 1.51. The van der Waals surface area contributed by atoms with Crippen molar-refractivity contribution in [3.05, 3.63) is 50.9 Å². The molecule has 1 amide bonds. The van der Waals surface area contributed by atoms with Crippen molar-refractivity contribution in [1.82, 2.24) is 10.3 Å². The molecule has 1 saturated carbocycles. The van der Waals surface area contributed by atoms with Gasteiger partial charge in [-0.15, -0.1) is 11.3 Å². The van der Waals surface area contributed by atoms with Crippen molar-refractivity contribution in [3.63, 3.8) is 0 Å². The zero-order chi connectivity index (χ0) is 16.1. The lowest BCUT2D eigenvalue weighted by atomic mass is 9.87. The van der Waals surface area contributed by atoms with Crippen LogP contribution in [0.2, 0.25) is 5.02 Å². The molecular formula is C18H21ClN2OS. The van der Waals surface area contributed by atoms with E-state index in [4.69, 9.17) is 16.6 Å². The smallest absolute Gasteiger partial charge is 0.224 e. The van der Waals surface area contributed by atoms with Gasteiger partial charge in [0.2, 0.25) is 5.91 Å². The molecule has 1 heterocycles. The highest BCUT2D eigenvalue weighted by molar-refractivity contribution is 7.09. The average Bonchev–Trinajstić information content (AvgIpc) is 3.05. The summed E-state index contributed by atoms with van der Waals surface area (Å²) in [4.78, 5) is 16.8. The largest absolute Gasteiger partial charge is 0.349 e. The van der Waals surface area contributed by atoms with Gasteiger partial charge in [-0.2, -0.15) is 0 Å². The summed E-state index contributed by atoms with van der Waals surface area (Å²) in [7, 11) is 0. The Morgan fingerprint density at radius 2 is 2.04 bits per heavy atom. The highest BCUT2D eigenvalue weighted by Gasteiger charge is 2.18. The lowest BCUT2D eigenvalue weighted by Crippen LogP contribution is -2.24. The van der Waals surface area contributed by atoms with Gasteiger partial charge < -0.3 is 5.32 Å². The van der Waals surface area contributed by atoms with Crippen LogP contribution in [0.25, 0.3) is 0 Å². The Labute approximate surface area is 146 Å². The zero-order valence-electron chi connectivity index (χ0n) is 13.1. The first-order chi connectivity index (χ1) is 11.2. The molecule has 1 aliphatic rings. The minimum atomic E-state index is -0.0208. The molecule has 1 N–H and O–H groups in total. The molecule has 1 aromatic carbocycles. The van der Waals surface area contributed by atoms with Crippen LogP contribution in [-0.4, -0.2) is 10.9 Å². The van der Waals surface area contributed by atoms with Crippen LogP contribution >= 0.6 is 22.9 Å². The van der Waals surface area contributed by atoms with Crippen molar-refractivity contribution in [1.29, 1.82) is 0 Å². The minimum absolute atomic E-state index is 0.0208. The van der Waals surface area contributed by atoms with Gasteiger partial charge >= 0.3 is 0 Å². The van der Waals surface area contributed by atoms with Crippen molar-refractivity contribution in [2.24, 2.45) is 0 Å². The van der Waals surface area contributed by atoms with Crippen LogP contribution in [0.5, 0.6) is 0 Å². The van der Waals surface area contributed by atoms with Gasteiger partial charge in [0.05, 0.1) is 18.7 Å². The predicted molar refractivity (Wildman–Crippen MR) is 94.9 cm³/mol. The second-order valence-corrected chi connectivity index (χ2v) is 7.40. The maximum atomic E-state index is 12.1. The number of hydrogen-bond acceptors (Lipinski definition) is 3. The van der Waals surface area contributed by atoms with E-state index in [1.165, 1.54) is 37.8 Å². The predicted octanol–water partition coefficient (Wildman–Crippen LogP) is 4.70. The van der Waals surface area contributed by atoms with Crippen molar-refractivity contribution in [2.45, 2.75) is 51.0 Å². The summed E-state index contributed by atoms with van der Waals surface area (Å²) < 4.78 is 0. The molecule has 0 aliphatic heterocycles. The maximum Gasteiger partial charge on any atom is 0.224 e. The highest BCUT2D eigenvalue weighted by Crippen LogP contribution is 2.33. The van der Waals surface area contributed by atoms with Crippen LogP contribution in [0, 0.1) is 0 Å². The van der Waals surface area contributed by atoms with Gasteiger partial charge in [-0.05, 0) is 24.5 Å². The Morgan fingerprint density at radius 1 is 1.26 bits per heavy atom. The van der Waals surface area contributed by atoms with Crippen LogP contribution in [0.15, 0.2) is 29.6 Å². The number of carbonyl (C=O) groups excluding carboxylic acids is 1. The molecule has 0 atom stereocenters. The van der Waals surface area contributed by atoms with Crippen LogP contribution in [0.4, 0.5) is 0 Å². The summed E-state index contributed by atoms with van der Waals surface area (Å²) in [6, 6.07) is 7.45. The topological polar surface area (TPSA) is 42.0 Å². The van der Waals surface area contributed by atoms with Gasteiger partial charge in [0.15, 0.2) is 0 Å². The summed E-state index contributed by atoms with van der Waals surface area (Å²) in [5.41, 5.74) is 2.07. The molecule has 122 valence electrons. The number of carbonyl (C=O) groups is 1. The Bertz CT molecular complexity index is 665. The zero-order valence-corrected chi connectivity index (χ0v) is 14.6. The molecule has 0 saturated heterocycles. The number of amides is 1. The molecule has 0 bridgehead atoms. The lowest BCUT2D eigenvalue weighted by molar-refractivity contribution is -0.120. The van der Waals surface area contributed by atoms with E-state index in [9.17, 15) is 4.79 Å². The molecule has 3 rings (SSSR count). The number of aromatic nitrogens is 1. The molecule has 0 radical (unpaired) electrons. The fourth-order valence-corrected chi connectivity index (χ4v) is 4.06. The van der Waals surface area contributed by atoms with Crippen molar-refractivity contribution >= 4 is 28.8 Å². The third-order valence-electron chi connectivity index (χ3n) is 4.34. The number of benzene rings is 1. The summed E-state index contributed by atoms with van der Waals surface area (Å²) in [5.74, 6) is 0.597. The molecule has 2 aromatic rings. The number of thiazole rings is 1. The van der Waals surface area contributed by atoms with E-state index in [1.807, 2.05) is 18.2 Å². The first-order valence-electron chi connectivity index (χ1n) is 8.17. The summed E-state index contributed by atoms with van der Waals surface area (Å²) in [6.07, 6.45) is 6.79. The molecule has 23 heavy (non-hydrogen) atoms. The molecule has 1 aromatic heterocycles. The van der Waals surface area contributed by atoms with E-state index >= 15 is 0 Å². The van der Waals surface area contributed by atoms with E-state index in [2.05, 4.69) is 10.7 Å². The Kier molecular flexibility index (Phi) is 5.68. The number of hydrogen-bond donors (Lipinski definition) is 1. The summed E-state index contributed by atoms with van der Waals surface area (Å²) in [6.45, 7) is 0.501. The van der Waals surface area contributed by atoms with Gasteiger partial charge in [0, 0.05) is 16.3 Å². The maximum absolute atomic E-state index is 12.1. The van der Waals surface area contributed by atoms with Crippen molar-refractivity contribution in [3.8, 4) is 0 Å². The number of nitrogens with one attached hydrogen (secondary N) is 1.